The Balaban J connectivity index is 0. The fourth-order valence-corrected chi connectivity index (χ4v) is 3.23. The molecule has 6 N–H and O–H groups in total. The number of halogens is 3. The summed E-state index contributed by atoms with van der Waals surface area (Å²) in [5, 5.41) is 10.1. The normalized spacial score (nSPS) is 21.4. The number of hydrogen-bond donors (Lipinski definition) is 4. The number of aliphatic hydroxyl groups is 1. The van der Waals surface area contributed by atoms with Crippen LogP contribution >= 0.6 is 0 Å². The van der Waals surface area contributed by atoms with E-state index in [4.69, 9.17) is 5.73 Å². The van der Waals surface area contributed by atoms with Crippen LogP contribution in [-0.4, -0.2) is 45.1 Å². The standard InChI is InChI=1S/C17H31NO.C2H2F3NO3S.CH5N/c1-2-3-4-5-7-10-15-12-13-17(19)16(15)11-8-6-9-14-18;3-2(4,5)10(8,9)6-1-7;1-2/h5,7-8,11,15-17,19H,2-4,6,9-10,12-14,18H2,1H3;1H,(H,6,7);2H2,1H3/b7-5-,11-8+;;/t15-,16?,17?;;/m0../s1. The van der Waals surface area contributed by atoms with E-state index in [0.29, 0.717) is 16.6 Å². The Labute approximate surface area is 184 Å². The molecule has 3 atom stereocenters. The zero-order valence-corrected chi connectivity index (χ0v) is 19.2. The predicted molar refractivity (Wildman–Crippen MR) is 117 cm³/mol. The third kappa shape index (κ3) is 14.3. The minimum atomic E-state index is -5.47. The Morgan fingerprint density at radius 2 is 1.71 bits per heavy atom. The summed E-state index contributed by atoms with van der Waals surface area (Å²) in [6.07, 6.45) is 17.4. The Morgan fingerprint density at radius 3 is 2.19 bits per heavy atom. The Hall–Kier alpha value is -1.43. The lowest BCUT2D eigenvalue weighted by Crippen LogP contribution is -2.35. The van der Waals surface area contributed by atoms with E-state index in [0.717, 1.165) is 38.6 Å². The largest absolute Gasteiger partial charge is 0.516 e. The summed E-state index contributed by atoms with van der Waals surface area (Å²) in [6, 6.07) is 0. The number of nitrogens with one attached hydrogen (secondary N) is 1. The van der Waals surface area contributed by atoms with Gasteiger partial charge >= 0.3 is 15.5 Å². The molecule has 0 spiro atoms. The van der Waals surface area contributed by atoms with E-state index in [1.165, 1.54) is 26.3 Å². The summed E-state index contributed by atoms with van der Waals surface area (Å²) in [5.74, 6) is 0.982. The maximum absolute atomic E-state index is 11.2. The molecule has 0 saturated heterocycles. The summed E-state index contributed by atoms with van der Waals surface area (Å²) >= 11 is 0. The van der Waals surface area contributed by atoms with E-state index in [1.807, 2.05) is 0 Å². The molecule has 1 rings (SSSR count). The van der Waals surface area contributed by atoms with Crippen molar-refractivity contribution in [2.24, 2.45) is 23.3 Å². The third-order valence-corrected chi connectivity index (χ3v) is 5.61. The molecule has 11 heteroatoms. The monoisotopic (exact) mass is 473 g/mol. The van der Waals surface area contributed by atoms with Crippen molar-refractivity contribution in [3.05, 3.63) is 24.3 Å². The number of rotatable bonds is 11. The molecule has 184 valence electrons. The maximum atomic E-state index is 11.2. The smallest absolute Gasteiger partial charge is 0.393 e. The summed E-state index contributed by atoms with van der Waals surface area (Å²) < 4.78 is 53.8. The fourth-order valence-electron chi connectivity index (χ4n) is 2.97. The van der Waals surface area contributed by atoms with E-state index in [2.05, 4.69) is 37.0 Å². The van der Waals surface area contributed by atoms with Crippen molar-refractivity contribution < 1.29 is 31.5 Å². The number of nitrogens with two attached hydrogens (primary N) is 2. The van der Waals surface area contributed by atoms with Gasteiger partial charge in [0, 0.05) is 5.92 Å². The van der Waals surface area contributed by atoms with Crippen molar-refractivity contribution in [1.82, 2.24) is 4.72 Å². The van der Waals surface area contributed by atoms with Crippen LogP contribution in [0.2, 0.25) is 0 Å². The van der Waals surface area contributed by atoms with Gasteiger partial charge in [-0.05, 0) is 58.0 Å². The molecule has 0 radical (unpaired) electrons. The van der Waals surface area contributed by atoms with E-state index >= 15 is 0 Å². The molecular formula is C20H38F3N3O4S. The topological polar surface area (TPSA) is 136 Å². The average Bonchev–Trinajstić information content (AvgIpc) is 3.06. The molecule has 1 amide bonds. The van der Waals surface area contributed by atoms with Gasteiger partial charge in [-0.1, -0.05) is 44.1 Å². The SMILES string of the molecule is CCCC/C=C\C[C@H]1CCC(O)C1/C=C/CCCN.CN.O=CNS(=O)(=O)C(F)(F)F. The van der Waals surface area contributed by atoms with Crippen LogP contribution in [0.1, 0.15) is 58.3 Å². The third-order valence-electron chi connectivity index (χ3n) is 4.59. The number of alkyl halides is 3. The van der Waals surface area contributed by atoms with Crippen molar-refractivity contribution in [3.8, 4) is 0 Å². The van der Waals surface area contributed by atoms with Crippen LogP contribution in [0.3, 0.4) is 0 Å². The van der Waals surface area contributed by atoms with Crippen LogP contribution in [0.15, 0.2) is 24.3 Å². The molecule has 0 aromatic rings. The molecule has 1 saturated carbocycles. The molecule has 1 aliphatic rings. The molecule has 0 aromatic carbocycles. The van der Waals surface area contributed by atoms with Gasteiger partial charge in [0.2, 0.25) is 6.41 Å². The molecule has 1 aliphatic carbocycles. The molecule has 1 fully saturated rings. The number of allylic oxidation sites excluding steroid dienone is 3. The highest BCUT2D eigenvalue weighted by atomic mass is 32.2. The van der Waals surface area contributed by atoms with Crippen LogP contribution in [0.5, 0.6) is 0 Å². The van der Waals surface area contributed by atoms with Crippen LogP contribution in [-0.2, 0) is 14.8 Å². The number of hydrogen-bond acceptors (Lipinski definition) is 6. The summed E-state index contributed by atoms with van der Waals surface area (Å²) in [7, 11) is -3.97. The Morgan fingerprint density at radius 1 is 1.10 bits per heavy atom. The second kappa shape index (κ2) is 18.2. The predicted octanol–water partition coefficient (Wildman–Crippen LogP) is 2.96. The zero-order valence-electron chi connectivity index (χ0n) is 18.4. The lowest BCUT2D eigenvalue weighted by Gasteiger charge is -2.17. The average molecular weight is 474 g/mol. The molecule has 31 heavy (non-hydrogen) atoms. The number of amides is 1. The van der Waals surface area contributed by atoms with E-state index in [-0.39, 0.29) is 6.10 Å². The van der Waals surface area contributed by atoms with Crippen molar-refractivity contribution in [2.45, 2.75) is 69.9 Å². The first-order chi connectivity index (χ1) is 14.6. The first-order valence-corrected chi connectivity index (χ1v) is 11.9. The second-order valence-corrected chi connectivity index (χ2v) is 8.58. The van der Waals surface area contributed by atoms with Crippen LogP contribution in [0.25, 0.3) is 0 Å². The number of sulfonamides is 1. The van der Waals surface area contributed by atoms with E-state index < -0.39 is 21.9 Å². The lowest BCUT2D eigenvalue weighted by molar-refractivity contribution is -0.108. The van der Waals surface area contributed by atoms with Crippen LogP contribution < -0.4 is 16.2 Å². The van der Waals surface area contributed by atoms with Gasteiger partial charge in [-0.2, -0.15) is 21.6 Å². The molecule has 2 unspecified atom stereocenters. The van der Waals surface area contributed by atoms with Crippen molar-refractivity contribution in [3.63, 3.8) is 0 Å². The highest BCUT2D eigenvalue weighted by Crippen LogP contribution is 2.35. The lowest BCUT2D eigenvalue weighted by atomic mass is 9.91. The fraction of sp³-hybridized carbons (Fsp3) is 0.750. The number of carbonyl (C=O) groups is 1. The summed E-state index contributed by atoms with van der Waals surface area (Å²) in [4.78, 5) is 9.28. The highest BCUT2D eigenvalue weighted by Gasteiger charge is 2.45. The van der Waals surface area contributed by atoms with Gasteiger partial charge in [-0.25, -0.2) is 4.72 Å². The van der Waals surface area contributed by atoms with Gasteiger partial charge < -0.3 is 16.6 Å². The van der Waals surface area contributed by atoms with Gasteiger partial charge in [-0.15, -0.1) is 0 Å². The van der Waals surface area contributed by atoms with Gasteiger partial charge in [0.25, 0.3) is 0 Å². The minimum absolute atomic E-state index is 0.136. The quantitative estimate of drug-likeness (QED) is 0.207. The molecule has 0 aliphatic heterocycles. The molecule has 0 aromatic heterocycles. The van der Waals surface area contributed by atoms with Gasteiger partial charge in [-0.3, -0.25) is 4.79 Å². The Kier molecular flexibility index (Phi) is 18.6. The summed E-state index contributed by atoms with van der Waals surface area (Å²) in [5.41, 5.74) is 4.57. The Bertz CT molecular complexity index is 611. The zero-order chi connectivity index (χ0) is 24.3. The second-order valence-electron chi connectivity index (χ2n) is 6.88. The van der Waals surface area contributed by atoms with Crippen molar-refractivity contribution >= 4 is 16.4 Å². The van der Waals surface area contributed by atoms with Crippen LogP contribution in [0.4, 0.5) is 13.2 Å². The number of aliphatic hydroxyl groups excluding tert-OH is 1. The molecular weight excluding hydrogens is 435 g/mol. The van der Waals surface area contributed by atoms with E-state index in [1.54, 1.807) is 0 Å². The first kappa shape index (κ1) is 31.8. The van der Waals surface area contributed by atoms with Gasteiger partial charge in [0.15, 0.2) is 0 Å². The van der Waals surface area contributed by atoms with Gasteiger partial charge in [0.05, 0.1) is 6.10 Å². The van der Waals surface area contributed by atoms with Gasteiger partial charge in [0.1, 0.15) is 0 Å². The summed E-state index contributed by atoms with van der Waals surface area (Å²) in [6.45, 7) is 2.98. The number of carbonyl (C=O) groups excluding carboxylic acids is 1. The van der Waals surface area contributed by atoms with E-state index in [9.17, 15) is 31.5 Å². The maximum Gasteiger partial charge on any atom is 0.516 e. The molecule has 7 nitrogen and oxygen atoms in total. The first-order valence-electron chi connectivity index (χ1n) is 10.4. The van der Waals surface area contributed by atoms with Crippen molar-refractivity contribution in [1.29, 1.82) is 0 Å². The highest BCUT2D eigenvalue weighted by molar-refractivity contribution is 7.90. The molecule has 0 heterocycles. The van der Waals surface area contributed by atoms with Crippen LogP contribution in [0, 0.1) is 11.8 Å². The number of unbranched alkanes of at least 4 members (excludes halogenated alkanes) is 3. The minimum Gasteiger partial charge on any atom is -0.393 e. The molecule has 0 bridgehead atoms. The van der Waals surface area contributed by atoms with Crippen molar-refractivity contribution in [2.75, 3.05) is 13.6 Å².